The van der Waals surface area contributed by atoms with E-state index < -0.39 is 5.60 Å². The SMILES string of the molecule is COc1ccccc1N1CCC(NC(=O)C2(OC)CCNCC2)C1.Cl.Cl. The molecular formula is C18H29Cl2N3O3. The van der Waals surface area contributed by atoms with E-state index >= 15 is 0 Å². The van der Waals surface area contributed by atoms with E-state index in [1.54, 1.807) is 14.2 Å². The lowest BCUT2D eigenvalue weighted by Gasteiger charge is -2.35. The van der Waals surface area contributed by atoms with Crippen LogP contribution in [0.2, 0.25) is 0 Å². The molecule has 3 rings (SSSR count). The molecule has 1 atom stereocenters. The van der Waals surface area contributed by atoms with Crippen LogP contribution in [-0.4, -0.2) is 57.9 Å². The van der Waals surface area contributed by atoms with Gasteiger partial charge in [-0.15, -0.1) is 24.8 Å². The molecule has 0 bridgehead atoms. The summed E-state index contributed by atoms with van der Waals surface area (Å²) in [5.41, 5.74) is 0.406. The van der Waals surface area contributed by atoms with Gasteiger partial charge in [0, 0.05) is 26.2 Å². The number of carbonyl (C=O) groups is 1. The average Bonchev–Trinajstić information content (AvgIpc) is 3.10. The molecule has 6 nitrogen and oxygen atoms in total. The second-order valence-corrected chi connectivity index (χ2v) is 6.53. The van der Waals surface area contributed by atoms with Gasteiger partial charge in [-0.2, -0.15) is 0 Å². The van der Waals surface area contributed by atoms with Gasteiger partial charge in [-0.3, -0.25) is 4.79 Å². The Morgan fingerprint density at radius 3 is 2.58 bits per heavy atom. The molecule has 0 saturated carbocycles. The summed E-state index contributed by atoms with van der Waals surface area (Å²) in [5, 5.41) is 6.48. The van der Waals surface area contributed by atoms with Gasteiger partial charge in [0.15, 0.2) is 0 Å². The van der Waals surface area contributed by atoms with E-state index in [1.165, 1.54) is 0 Å². The molecule has 2 aliphatic rings. The van der Waals surface area contributed by atoms with E-state index in [0.717, 1.165) is 56.9 Å². The van der Waals surface area contributed by atoms with Crippen LogP contribution >= 0.6 is 24.8 Å². The quantitative estimate of drug-likeness (QED) is 0.784. The minimum absolute atomic E-state index is 0. The minimum atomic E-state index is -0.677. The maximum atomic E-state index is 12.8. The Morgan fingerprint density at radius 1 is 1.23 bits per heavy atom. The van der Waals surface area contributed by atoms with Gasteiger partial charge in [-0.25, -0.2) is 0 Å². The number of nitrogens with zero attached hydrogens (tertiary/aromatic N) is 1. The van der Waals surface area contributed by atoms with Crippen molar-refractivity contribution in [3.8, 4) is 5.75 Å². The molecule has 148 valence electrons. The zero-order valence-corrected chi connectivity index (χ0v) is 17.0. The van der Waals surface area contributed by atoms with Gasteiger partial charge in [-0.1, -0.05) is 12.1 Å². The van der Waals surface area contributed by atoms with Crippen molar-refractivity contribution >= 4 is 36.4 Å². The van der Waals surface area contributed by atoms with Gasteiger partial charge in [0.25, 0.3) is 5.91 Å². The molecule has 2 N–H and O–H groups in total. The Morgan fingerprint density at radius 2 is 1.92 bits per heavy atom. The number of anilines is 1. The Bertz CT molecular complexity index is 583. The first-order valence-corrected chi connectivity index (χ1v) is 8.63. The van der Waals surface area contributed by atoms with Crippen LogP contribution in [-0.2, 0) is 9.53 Å². The number of halogens is 2. The fourth-order valence-electron chi connectivity index (χ4n) is 3.66. The number of benzene rings is 1. The van der Waals surface area contributed by atoms with Crippen LogP contribution in [0, 0.1) is 0 Å². The van der Waals surface area contributed by atoms with E-state index in [1.807, 2.05) is 18.2 Å². The molecule has 8 heteroatoms. The molecule has 1 aromatic carbocycles. The second-order valence-electron chi connectivity index (χ2n) is 6.53. The summed E-state index contributed by atoms with van der Waals surface area (Å²) in [6, 6.07) is 8.16. The summed E-state index contributed by atoms with van der Waals surface area (Å²) in [7, 11) is 3.33. The molecule has 0 spiro atoms. The standard InChI is InChI=1S/C18H27N3O3.2ClH/c1-23-16-6-4-3-5-15(16)21-12-7-14(13-21)20-17(22)18(24-2)8-10-19-11-9-18;;/h3-6,14,19H,7-13H2,1-2H3,(H,20,22);2*1H. The lowest BCUT2D eigenvalue weighted by atomic mass is 9.90. The van der Waals surface area contributed by atoms with Crippen molar-refractivity contribution in [1.29, 1.82) is 0 Å². The molecule has 0 aromatic heterocycles. The zero-order chi connectivity index (χ0) is 17.0. The molecular weight excluding hydrogens is 377 g/mol. The Hall–Kier alpha value is -1.21. The third-order valence-corrected chi connectivity index (χ3v) is 5.17. The third kappa shape index (κ3) is 4.74. The van der Waals surface area contributed by atoms with Crippen LogP contribution in [0.15, 0.2) is 24.3 Å². The maximum Gasteiger partial charge on any atom is 0.252 e. The highest BCUT2D eigenvalue weighted by atomic mass is 35.5. The van der Waals surface area contributed by atoms with E-state index in [2.05, 4.69) is 21.6 Å². The largest absolute Gasteiger partial charge is 0.495 e. The molecule has 0 radical (unpaired) electrons. The van der Waals surface area contributed by atoms with Crippen molar-refractivity contribution in [3.63, 3.8) is 0 Å². The molecule has 2 saturated heterocycles. The third-order valence-electron chi connectivity index (χ3n) is 5.17. The van der Waals surface area contributed by atoms with Crippen LogP contribution in [0.5, 0.6) is 5.75 Å². The number of amides is 1. The van der Waals surface area contributed by atoms with E-state index in [9.17, 15) is 4.79 Å². The molecule has 0 aliphatic carbocycles. The fourth-order valence-corrected chi connectivity index (χ4v) is 3.66. The first kappa shape index (κ1) is 22.8. The first-order chi connectivity index (χ1) is 11.7. The number of methoxy groups -OCH3 is 2. The number of ether oxygens (including phenoxy) is 2. The second kappa shape index (κ2) is 10.2. The predicted molar refractivity (Wildman–Crippen MR) is 108 cm³/mol. The summed E-state index contributed by atoms with van der Waals surface area (Å²) in [6.07, 6.45) is 2.37. The van der Waals surface area contributed by atoms with E-state index in [-0.39, 0.29) is 36.8 Å². The van der Waals surface area contributed by atoms with E-state index in [0.29, 0.717) is 0 Å². The highest BCUT2D eigenvalue weighted by Crippen LogP contribution is 2.31. The highest BCUT2D eigenvalue weighted by molar-refractivity contribution is 5.86. The number of hydrogen-bond acceptors (Lipinski definition) is 5. The number of para-hydroxylation sites is 2. The summed E-state index contributed by atoms with van der Waals surface area (Å²) < 4.78 is 11.1. The van der Waals surface area contributed by atoms with E-state index in [4.69, 9.17) is 9.47 Å². The van der Waals surface area contributed by atoms with Gasteiger partial charge >= 0.3 is 0 Å². The number of hydrogen-bond donors (Lipinski definition) is 2. The Kier molecular flexibility index (Phi) is 8.96. The van der Waals surface area contributed by atoms with Crippen LogP contribution in [0.4, 0.5) is 5.69 Å². The van der Waals surface area contributed by atoms with Crippen LogP contribution in [0.1, 0.15) is 19.3 Å². The molecule has 1 unspecified atom stereocenters. The number of nitrogens with one attached hydrogen (secondary N) is 2. The predicted octanol–water partition coefficient (Wildman–Crippen LogP) is 2.00. The summed E-state index contributed by atoms with van der Waals surface area (Å²) in [4.78, 5) is 15.0. The molecule has 1 amide bonds. The minimum Gasteiger partial charge on any atom is -0.495 e. The highest BCUT2D eigenvalue weighted by Gasteiger charge is 2.41. The van der Waals surface area contributed by atoms with Crippen molar-refractivity contribution in [2.24, 2.45) is 0 Å². The maximum absolute atomic E-state index is 12.8. The lowest BCUT2D eigenvalue weighted by Crippen LogP contribution is -2.56. The number of carbonyl (C=O) groups excluding carboxylic acids is 1. The van der Waals surface area contributed by atoms with Crippen molar-refractivity contribution in [3.05, 3.63) is 24.3 Å². The average molecular weight is 406 g/mol. The monoisotopic (exact) mass is 405 g/mol. The summed E-state index contributed by atoms with van der Waals surface area (Å²) >= 11 is 0. The molecule has 26 heavy (non-hydrogen) atoms. The van der Waals surface area contributed by atoms with Crippen molar-refractivity contribution in [2.75, 3.05) is 45.3 Å². The summed E-state index contributed by atoms with van der Waals surface area (Å²) in [6.45, 7) is 3.34. The molecule has 2 aliphatic heterocycles. The Balaban J connectivity index is 0.00000169. The van der Waals surface area contributed by atoms with Gasteiger partial charge in [-0.05, 0) is 44.5 Å². The van der Waals surface area contributed by atoms with Gasteiger partial charge in [0.1, 0.15) is 11.4 Å². The lowest BCUT2D eigenvalue weighted by molar-refractivity contribution is -0.147. The van der Waals surface area contributed by atoms with Crippen LogP contribution in [0.25, 0.3) is 0 Å². The van der Waals surface area contributed by atoms with Gasteiger partial charge in [0.2, 0.25) is 0 Å². The van der Waals surface area contributed by atoms with Crippen molar-refractivity contribution in [2.45, 2.75) is 30.9 Å². The first-order valence-electron chi connectivity index (χ1n) is 8.63. The smallest absolute Gasteiger partial charge is 0.252 e. The normalized spacial score (nSPS) is 21.3. The van der Waals surface area contributed by atoms with Crippen molar-refractivity contribution in [1.82, 2.24) is 10.6 Å². The number of rotatable bonds is 5. The van der Waals surface area contributed by atoms with Gasteiger partial charge in [0.05, 0.1) is 12.8 Å². The molecule has 1 aromatic rings. The van der Waals surface area contributed by atoms with Crippen LogP contribution < -0.4 is 20.3 Å². The molecule has 2 heterocycles. The topological polar surface area (TPSA) is 62.8 Å². The fraction of sp³-hybridized carbons (Fsp3) is 0.611. The van der Waals surface area contributed by atoms with Crippen molar-refractivity contribution < 1.29 is 14.3 Å². The molecule has 2 fully saturated rings. The Labute approximate surface area is 167 Å². The summed E-state index contributed by atoms with van der Waals surface area (Å²) in [5.74, 6) is 0.898. The zero-order valence-electron chi connectivity index (χ0n) is 15.3. The van der Waals surface area contributed by atoms with Crippen LogP contribution in [0.3, 0.4) is 0 Å². The number of piperidine rings is 1. The van der Waals surface area contributed by atoms with Gasteiger partial charge < -0.3 is 25.0 Å².